The maximum atomic E-state index is 12.9. The van der Waals surface area contributed by atoms with E-state index in [1.165, 1.54) is 11.8 Å². The predicted molar refractivity (Wildman–Crippen MR) is 144 cm³/mol. The molecule has 2 aromatic carbocycles. The number of rotatable bonds is 5. The maximum absolute atomic E-state index is 12.9. The van der Waals surface area contributed by atoms with Crippen molar-refractivity contribution in [3.05, 3.63) is 70.8 Å². The zero-order valence-corrected chi connectivity index (χ0v) is 21.8. The van der Waals surface area contributed by atoms with Crippen LogP contribution in [0.2, 0.25) is 0 Å². The van der Waals surface area contributed by atoms with Gasteiger partial charge in [-0.1, -0.05) is 18.2 Å². The van der Waals surface area contributed by atoms with Gasteiger partial charge >= 0.3 is 0 Å². The van der Waals surface area contributed by atoms with Crippen molar-refractivity contribution in [1.82, 2.24) is 14.7 Å². The summed E-state index contributed by atoms with van der Waals surface area (Å²) >= 11 is 1.42. The van der Waals surface area contributed by atoms with Gasteiger partial charge in [0.25, 0.3) is 5.91 Å². The Bertz CT molecular complexity index is 1320. The summed E-state index contributed by atoms with van der Waals surface area (Å²) in [6, 6.07) is 16.0. The number of carbonyl (C=O) groups excluding carboxylic acids is 1. The SMILES string of the molecule is CCOc1ccc(-c2nn(-c3ccccc3)cc2/C=C2/SC(N3C[C@@H](C)O[C@@H](C)C3)=NC2=O)cc1C. The van der Waals surface area contributed by atoms with Gasteiger partial charge in [0.1, 0.15) is 11.4 Å². The van der Waals surface area contributed by atoms with Gasteiger partial charge < -0.3 is 14.4 Å². The smallest absolute Gasteiger partial charge is 0.286 e. The van der Waals surface area contributed by atoms with Crippen molar-refractivity contribution in [1.29, 1.82) is 0 Å². The number of carbonyl (C=O) groups is 1. The molecule has 2 atom stereocenters. The van der Waals surface area contributed by atoms with Gasteiger partial charge in [-0.05, 0) is 81.4 Å². The quantitative estimate of drug-likeness (QED) is 0.440. The van der Waals surface area contributed by atoms with Crippen LogP contribution in [-0.2, 0) is 9.53 Å². The second-order valence-electron chi connectivity index (χ2n) is 9.10. The molecule has 1 aromatic heterocycles. The van der Waals surface area contributed by atoms with E-state index >= 15 is 0 Å². The highest BCUT2D eigenvalue weighted by Gasteiger charge is 2.31. The summed E-state index contributed by atoms with van der Waals surface area (Å²) < 4.78 is 13.4. The molecule has 0 aliphatic carbocycles. The highest BCUT2D eigenvalue weighted by molar-refractivity contribution is 8.18. The third-order valence-corrected chi connectivity index (χ3v) is 7.14. The van der Waals surface area contributed by atoms with Crippen molar-refractivity contribution >= 4 is 28.9 Å². The number of hydrogen-bond donors (Lipinski definition) is 0. The predicted octanol–water partition coefficient (Wildman–Crippen LogP) is 5.33. The third-order valence-electron chi connectivity index (χ3n) is 6.10. The van der Waals surface area contributed by atoms with Gasteiger partial charge in [-0.25, -0.2) is 4.68 Å². The van der Waals surface area contributed by atoms with Crippen LogP contribution in [0.1, 0.15) is 31.9 Å². The molecule has 36 heavy (non-hydrogen) atoms. The first-order valence-electron chi connectivity index (χ1n) is 12.2. The van der Waals surface area contributed by atoms with E-state index in [4.69, 9.17) is 14.6 Å². The highest BCUT2D eigenvalue weighted by atomic mass is 32.2. The number of aryl methyl sites for hydroxylation is 1. The number of benzene rings is 2. The Morgan fingerprint density at radius 3 is 2.58 bits per heavy atom. The molecule has 8 heteroatoms. The zero-order valence-electron chi connectivity index (χ0n) is 21.0. The lowest BCUT2D eigenvalue weighted by Gasteiger charge is -2.35. The normalized spacial score (nSPS) is 21.2. The second-order valence-corrected chi connectivity index (χ2v) is 10.1. The number of morpholine rings is 1. The number of nitrogens with zero attached hydrogens (tertiary/aromatic N) is 4. The van der Waals surface area contributed by atoms with E-state index in [1.807, 2.05) is 87.1 Å². The highest BCUT2D eigenvalue weighted by Crippen LogP contribution is 2.35. The number of ether oxygens (including phenoxy) is 2. The zero-order chi connectivity index (χ0) is 25.2. The van der Waals surface area contributed by atoms with Crippen LogP contribution in [0.25, 0.3) is 23.0 Å². The summed E-state index contributed by atoms with van der Waals surface area (Å²) in [6.07, 6.45) is 4.07. The number of amides is 1. The average Bonchev–Trinajstić information content (AvgIpc) is 3.44. The topological polar surface area (TPSA) is 68.9 Å². The summed E-state index contributed by atoms with van der Waals surface area (Å²) in [5.41, 5.74) is 4.61. The number of aromatic nitrogens is 2. The van der Waals surface area contributed by atoms with E-state index in [1.54, 1.807) is 0 Å². The van der Waals surface area contributed by atoms with Crippen molar-refractivity contribution in [3.63, 3.8) is 0 Å². The van der Waals surface area contributed by atoms with Crippen LogP contribution >= 0.6 is 11.8 Å². The summed E-state index contributed by atoms with van der Waals surface area (Å²) in [5.74, 6) is 0.639. The van der Waals surface area contributed by atoms with Crippen LogP contribution in [-0.4, -0.2) is 57.7 Å². The van der Waals surface area contributed by atoms with E-state index in [-0.39, 0.29) is 18.1 Å². The standard InChI is InChI=1S/C28H30N4O3S/c1-5-34-24-12-11-21(13-18(24)2)26-22(17-32(30-26)23-9-7-6-8-10-23)14-25-27(33)29-28(36-25)31-15-19(3)35-20(4)16-31/h6-14,17,19-20H,5,15-16H2,1-4H3/b25-14+/t19-,20+. The summed E-state index contributed by atoms with van der Waals surface area (Å²) in [5, 5.41) is 5.65. The van der Waals surface area contributed by atoms with Crippen LogP contribution in [0.4, 0.5) is 0 Å². The lowest BCUT2D eigenvalue weighted by atomic mass is 10.0. The average molecular weight is 503 g/mol. The molecule has 2 aliphatic heterocycles. The molecule has 1 fully saturated rings. The van der Waals surface area contributed by atoms with Gasteiger partial charge in [0, 0.05) is 30.4 Å². The van der Waals surface area contributed by atoms with Gasteiger partial charge in [0.2, 0.25) is 0 Å². The Balaban J connectivity index is 1.50. The van der Waals surface area contributed by atoms with Gasteiger partial charge in [-0.15, -0.1) is 0 Å². The van der Waals surface area contributed by atoms with Gasteiger partial charge in [-0.3, -0.25) is 4.79 Å². The molecule has 0 bridgehead atoms. The first kappa shape index (κ1) is 24.3. The molecule has 0 spiro atoms. The Morgan fingerprint density at radius 1 is 1.14 bits per heavy atom. The van der Waals surface area contributed by atoms with Gasteiger partial charge in [0.15, 0.2) is 5.17 Å². The first-order valence-corrected chi connectivity index (χ1v) is 13.0. The molecule has 0 unspecified atom stereocenters. The summed E-state index contributed by atoms with van der Waals surface area (Å²) in [7, 11) is 0. The Labute approximate surface area is 215 Å². The van der Waals surface area contributed by atoms with Crippen LogP contribution in [0.3, 0.4) is 0 Å². The number of amidine groups is 1. The molecular formula is C28H30N4O3S. The minimum atomic E-state index is -0.219. The number of para-hydroxylation sites is 1. The van der Waals surface area contributed by atoms with Crippen molar-refractivity contribution < 1.29 is 14.3 Å². The molecule has 186 valence electrons. The fourth-order valence-electron chi connectivity index (χ4n) is 4.55. The molecule has 0 N–H and O–H groups in total. The molecule has 5 rings (SSSR count). The van der Waals surface area contributed by atoms with Gasteiger partial charge in [0.05, 0.1) is 29.4 Å². The molecule has 0 saturated carbocycles. The minimum Gasteiger partial charge on any atom is -0.494 e. The molecule has 3 aromatic rings. The van der Waals surface area contributed by atoms with Crippen LogP contribution in [0.15, 0.2) is 64.6 Å². The van der Waals surface area contributed by atoms with Crippen molar-refractivity contribution in [2.45, 2.75) is 39.9 Å². The number of hydrogen-bond acceptors (Lipinski definition) is 6. The summed E-state index contributed by atoms with van der Waals surface area (Å²) in [4.78, 5) is 20.0. The molecular weight excluding hydrogens is 472 g/mol. The van der Waals surface area contributed by atoms with Crippen molar-refractivity contribution in [2.24, 2.45) is 4.99 Å². The Hall–Kier alpha value is -3.36. The Morgan fingerprint density at radius 2 is 1.89 bits per heavy atom. The summed E-state index contributed by atoms with van der Waals surface area (Å²) in [6.45, 7) is 10.2. The van der Waals surface area contributed by atoms with Crippen molar-refractivity contribution in [2.75, 3.05) is 19.7 Å². The fraction of sp³-hybridized carbons (Fsp3) is 0.321. The van der Waals surface area contributed by atoms with E-state index < -0.39 is 0 Å². The second kappa shape index (κ2) is 10.3. The van der Waals surface area contributed by atoms with Gasteiger partial charge in [-0.2, -0.15) is 10.1 Å². The first-order chi connectivity index (χ1) is 17.4. The molecule has 1 saturated heterocycles. The van der Waals surface area contributed by atoms with E-state index in [2.05, 4.69) is 16.0 Å². The minimum absolute atomic E-state index is 0.0961. The number of aliphatic imine (C=N–C) groups is 1. The molecule has 1 amide bonds. The molecule has 7 nitrogen and oxygen atoms in total. The van der Waals surface area contributed by atoms with Crippen LogP contribution in [0, 0.1) is 6.92 Å². The largest absolute Gasteiger partial charge is 0.494 e. The molecule has 3 heterocycles. The Kier molecular flexibility index (Phi) is 6.98. The maximum Gasteiger partial charge on any atom is 0.286 e. The fourth-order valence-corrected chi connectivity index (χ4v) is 5.48. The van der Waals surface area contributed by atoms with E-state index in [9.17, 15) is 4.79 Å². The molecule has 0 radical (unpaired) electrons. The van der Waals surface area contributed by atoms with Crippen LogP contribution in [0.5, 0.6) is 5.75 Å². The van der Waals surface area contributed by atoms with E-state index in [0.717, 1.165) is 52.1 Å². The van der Waals surface area contributed by atoms with Crippen molar-refractivity contribution in [3.8, 4) is 22.7 Å². The third kappa shape index (κ3) is 5.10. The lowest BCUT2D eigenvalue weighted by Crippen LogP contribution is -2.47. The number of thioether (sulfide) groups is 1. The molecule has 2 aliphatic rings. The van der Waals surface area contributed by atoms with Crippen LogP contribution < -0.4 is 4.74 Å². The van der Waals surface area contributed by atoms with E-state index in [0.29, 0.717) is 11.5 Å². The lowest BCUT2D eigenvalue weighted by molar-refractivity contribution is -0.113. The monoisotopic (exact) mass is 502 g/mol.